The summed E-state index contributed by atoms with van der Waals surface area (Å²) in [7, 11) is 0. The van der Waals surface area contributed by atoms with Crippen molar-refractivity contribution in [2.45, 2.75) is 0 Å². The first kappa shape index (κ1) is 29.7. The van der Waals surface area contributed by atoms with Crippen molar-refractivity contribution in [3.63, 3.8) is 0 Å². The van der Waals surface area contributed by atoms with Gasteiger partial charge in [-0.1, -0.05) is 109 Å². The molecule has 7 aromatic carbocycles. The van der Waals surface area contributed by atoms with E-state index in [0.717, 1.165) is 57.4 Å². The van der Waals surface area contributed by atoms with E-state index in [0.29, 0.717) is 0 Å². The molecule has 0 fully saturated rings. The van der Waals surface area contributed by atoms with Crippen LogP contribution in [0.3, 0.4) is 0 Å². The van der Waals surface area contributed by atoms with E-state index in [4.69, 9.17) is 4.98 Å². The summed E-state index contributed by atoms with van der Waals surface area (Å²) in [6.07, 6.45) is 4.23. The Hall–Kier alpha value is -7.04. The van der Waals surface area contributed by atoms with Gasteiger partial charge in [0.1, 0.15) is 12.2 Å². The number of para-hydroxylation sites is 4. The van der Waals surface area contributed by atoms with Crippen molar-refractivity contribution < 1.29 is 0 Å². The van der Waals surface area contributed by atoms with Gasteiger partial charge in [-0.3, -0.25) is 4.98 Å². The maximum Gasteiger partial charge on any atom is 0.235 e. The normalized spacial score (nSPS) is 12.9. The molecule has 0 N–H and O–H groups in total. The molecule has 4 heteroatoms. The van der Waals surface area contributed by atoms with Crippen LogP contribution in [0.2, 0.25) is 0 Å². The van der Waals surface area contributed by atoms with Crippen LogP contribution >= 0.6 is 0 Å². The SMILES string of the molecule is C1=[N+](c2ccccc2)c2cc3c(cc2N(c2ccccc2)C1)-c1ncccc1-c1ccccc1-c1ccc(-n2c4ccccc4c4ccccc42)cc1-3. The first-order valence-electron chi connectivity index (χ1n) is 18.2. The van der Waals surface area contributed by atoms with Crippen molar-refractivity contribution in [2.75, 3.05) is 11.4 Å². The zero-order chi connectivity index (χ0) is 34.9. The second kappa shape index (κ2) is 11.8. The van der Waals surface area contributed by atoms with E-state index < -0.39 is 0 Å². The van der Waals surface area contributed by atoms with E-state index >= 15 is 0 Å². The van der Waals surface area contributed by atoms with Gasteiger partial charge in [-0.2, -0.15) is 4.58 Å². The smallest absolute Gasteiger partial charge is 0.235 e. The third kappa shape index (κ3) is 4.56. The van der Waals surface area contributed by atoms with E-state index in [-0.39, 0.29) is 0 Å². The van der Waals surface area contributed by atoms with E-state index in [1.54, 1.807) is 0 Å². The number of hydrogen-bond donors (Lipinski definition) is 0. The Kier molecular flexibility index (Phi) is 6.58. The van der Waals surface area contributed by atoms with Crippen LogP contribution in [-0.2, 0) is 0 Å². The van der Waals surface area contributed by atoms with Crippen LogP contribution < -0.4 is 9.48 Å². The Morgan fingerprint density at radius 1 is 0.453 bits per heavy atom. The molecule has 0 spiro atoms. The fourth-order valence-electron chi connectivity index (χ4n) is 8.57. The van der Waals surface area contributed by atoms with Crippen molar-refractivity contribution >= 4 is 50.8 Å². The third-order valence-electron chi connectivity index (χ3n) is 10.9. The Morgan fingerprint density at radius 2 is 1.06 bits per heavy atom. The minimum Gasteiger partial charge on any atom is -0.326 e. The molecule has 0 radical (unpaired) electrons. The van der Waals surface area contributed by atoms with Crippen LogP contribution in [0.15, 0.2) is 182 Å². The van der Waals surface area contributed by atoms with Crippen LogP contribution in [0.5, 0.6) is 0 Å². The van der Waals surface area contributed by atoms with Gasteiger partial charge in [0.05, 0.1) is 16.7 Å². The minimum absolute atomic E-state index is 0.733. The first-order valence-corrected chi connectivity index (χ1v) is 18.2. The monoisotopic (exact) mass is 677 g/mol. The predicted octanol–water partition coefficient (Wildman–Crippen LogP) is 12.2. The number of nitrogens with zero attached hydrogens (tertiary/aromatic N) is 4. The summed E-state index contributed by atoms with van der Waals surface area (Å²) in [4.78, 5) is 7.58. The molecule has 53 heavy (non-hydrogen) atoms. The molecule has 9 aromatic rings. The molecule has 1 aliphatic carbocycles. The molecule has 2 aliphatic rings. The third-order valence-corrected chi connectivity index (χ3v) is 10.9. The lowest BCUT2D eigenvalue weighted by atomic mass is 9.82. The molecule has 2 aromatic heterocycles. The highest BCUT2D eigenvalue weighted by Gasteiger charge is 2.33. The number of benzene rings is 7. The van der Waals surface area contributed by atoms with Gasteiger partial charge in [0, 0.05) is 57.7 Å². The minimum atomic E-state index is 0.733. The van der Waals surface area contributed by atoms with Gasteiger partial charge in [-0.05, 0) is 76.3 Å². The van der Waals surface area contributed by atoms with Crippen LogP contribution in [0, 0.1) is 0 Å². The maximum absolute atomic E-state index is 5.17. The summed E-state index contributed by atoms with van der Waals surface area (Å²) >= 11 is 0. The lowest BCUT2D eigenvalue weighted by Gasteiger charge is -2.29. The molecule has 0 saturated heterocycles. The van der Waals surface area contributed by atoms with E-state index in [1.807, 2.05) is 6.20 Å². The van der Waals surface area contributed by atoms with Gasteiger partial charge < -0.3 is 9.47 Å². The number of anilines is 2. The van der Waals surface area contributed by atoms with Gasteiger partial charge in [-0.15, -0.1) is 0 Å². The van der Waals surface area contributed by atoms with E-state index in [1.165, 1.54) is 44.1 Å². The van der Waals surface area contributed by atoms with Gasteiger partial charge >= 0.3 is 0 Å². The average Bonchev–Trinajstić information content (AvgIpc) is 3.57. The summed E-state index contributed by atoms with van der Waals surface area (Å²) in [6, 6.07) is 63.8. The zero-order valence-electron chi connectivity index (χ0n) is 28.9. The van der Waals surface area contributed by atoms with Gasteiger partial charge in [0.2, 0.25) is 11.4 Å². The second-order valence-electron chi connectivity index (χ2n) is 13.8. The lowest BCUT2D eigenvalue weighted by molar-refractivity contribution is 1.000. The quantitative estimate of drug-likeness (QED) is 0.174. The number of fused-ring (bicyclic) bond motifs is 12. The van der Waals surface area contributed by atoms with Crippen LogP contribution in [0.4, 0.5) is 22.7 Å². The molecule has 0 bridgehead atoms. The second-order valence-corrected chi connectivity index (χ2v) is 13.8. The van der Waals surface area contributed by atoms with Crippen molar-refractivity contribution in [3.8, 4) is 50.3 Å². The number of hydrogen-bond acceptors (Lipinski definition) is 2. The summed E-state index contributed by atoms with van der Waals surface area (Å²) in [6.45, 7) is 0.733. The molecule has 1 aliphatic heterocycles. The largest absolute Gasteiger partial charge is 0.326 e. The molecular formula is C49H33N4+. The van der Waals surface area contributed by atoms with Gasteiger partial charge in [-0.25, -0.2) is 0 Å². The molecule has 4 nitrogen and oxygen atoms in total. The Bertz CT molecular complexity index is 2870. The molecular weight excluding hydrogens is 645 g/mol. The van der Waals surface area contributed by atoms with Crippen molar-refractivity contribution in [2.24, 2.45) is 0 Å². The average molecular weight is 678 g/mol. The van der Waals surface area contributed by atoms with E-state index in [9.17, 15) is 0 Å². The molecule has 0 saturated carbocycles. The van der Waals surface area contributed by atoms with Crippen LogP contribution in [0.25, 0.3) is 72.1 Å². The summed E-state index contributed by atoms with van der Waals surface area (Å²) in [5.41, 5.74) is 17.2. The lowest BCUT2D eigenvalue weighted by Crippen LogP contribution is -2.29. The molecule has 248 valence electrons. The summed E-state index contributed by atoms with van der Waals surface area (Å²) < 4.78 is 4.78. The molecule has 0 atom stereocenters. The number of rotatable bonds is 3. The highest BCUT2D eigenvalue weighted by Crippen LogP contribution is 2.51. The van der Waals surface area contributed by atoms with Crippen LogP contribution in [0.1, 0.15) is 0 Å². The van der Waals surface area contributed by atoms with Crippen molar-refractivity contribution in [1.29, 1.82) is 0 Å². The van der Waals surface area contributed by atoms with Crippen molar-refractivity contribution in [3.05, 3.63) is 182 Å². The fourth-order valence-corrected chi connectivity index (χ4v) is 8.57. The maximum atomic E-state index is 5.17. The standard InChI is InChI=1S/C49H33N4/c1-3-14-33(15-4-1)51-28-29-52(34-16-5-2-6-17-34)48-32-44-43(31-47(48)51)42-30-35(53-45-23-11-9-20-39(45)40-21-10-12-24-46(40)53)25-26-38(42)36-18-7-8-19-37(36)41-22-13-27-50-49(41)44/h1-28,30-32H,29H2/q+1. The van der Waals surface area contributed by atoms with Gasteiger partial charge in [0.25, 0.3) is 0 Å². The number of pyridine rings is 1. The topological polar surface area (TPSA) is 24.1 Å². The highest BCUT2D eigenvalue weighted by molar-refractivity contribution is 6.10. The molecule has 11 rings (SSSR count). The Balaban J connectivity index is 1.26. The zero-order valence-corrected chi connectivity index (χ0v) is 28.9. The molecule has 3 heterocycles. The summed E-state index contributed by atoms with van der Waals surface area (Å²) in [5.74, 6) is 0. The Labute approximate surface area is 307 Å². The molecule has 0 amide bonds. The van der Waals surface area contributed by atoms with Gasteiger partial charge in [0.15, 0.2) is 6.21 Å². The Morgan fingerprint density at radius 3 is 1.81 bits per heavy atom. The first-order chi connectivity index (χ1) is 26.3. The highest BCUT2D eigenvalue weighted by atomic mass is 15.2. The molecule has 0 unspecified atom stereocenters. The predicted molar refractivity (Wildman–Crippen MR) is 221 cm³/mol. The van der Waals surface area contributed by atoms with E-state index in [2.05, 4.69) is 196 Å². The number of aromatic nitrogens is 2. The van der Waals surface area contributed by atoms with Crippen LogP contribution in [-0.4, -0.2) is 22.3 Å². The van der Waals surface area contributed by atoms with Crippen molar-refractivity contribution in [1.82, 2.24) is 14.1 Å². The summed E-state index contributed by atoms with van der Waals surface area (Å²) in [5, 5.41) is 2.51. The fraction of sp³-hybridized carbons (Fsp3) is 0.0204.